The first-order valence-corrected chi connectivity index (χ1v) is 1.53. The van der Waals surface area contributed by atoms with Crippen LogP contribution in [0.1, 0.15) is 6.92 Å². The van der Waals surface area contributed by atoms with Gasteiger partial charge in [0.15, 0.2) is 0 Å². The van der Waals surface area contributed by atoms with Crippen LogP contribution in [0.4, 0.5) is 0 Å². The first-order chi connectivity index (χ1) is 2.27. The maximum absolute atomic E-state index is 9.38. The summed E-state index contributed by atoms with van der Waals surface area (Å²) in [6.07, 6.45) is -0.671. The Balaban J connectivity index is 0. The molecule has 0 rings (SSSR count). The van der Waals surface area contributed by atoms with Crippen LogP contribution in [-0.2, 0) is 0 Å². The van der Waals surface area contributed by atoms with Crippen molar-refractivity contribution in [3.63, 3.8) is 0 Å². The molecule has 0 radical (unpaired) electrons. The van der Waals surface area contributed by atoms with Gasteiger partial charge in [-0.2, -0.15) is 0 Å². The summed E-state index contributed by atoms with van der Waals surface area (Å²) in [5.41, 5.74) is 0. The van der Waals surface area contributed by atoms with E-state index in [0.29, 0.717) is 0 Å². The third kappa shape index (κ3) is 9.12. The molecule has 6 heavy (non-hydrogen) atoms. The molecule has 0 heterocycles. The van der Waals surface area contributed by atoms with Crippen LogP contribution in [-0.4, -0.2) is 17.8 Å². The van der Waals surface area contributed by atoms with Crippen molar-refractivity contribution in [1.82, 2.24) is 0 Å². The Labute approximate surface area is 80.0 Å². The van der Waals surface area contributed by atoms with E-state index >= 15 is 0 Å². The zero-order valence-electron chi connectivity index (χ0n) is 4.14. The predicted molar refractivity (Wildman–Crippen MR) is 16.5 cm³/mol. The van der Waals surface area contributed by atoms with Gasteiger partial charge in [0.1, 0.15) is 0 Å². The summed E-state index contributed by atoms with van der Waals surface area (Å²) in [6.45, 7) is 1.08. The molecule has 0 aliphatic heterocycles. The van der Waals surface area contributed by atoms with E-state index in [2.05, 4.69) is 0 Å². The number of rotatable bonds is 1. The average molecular weight is 114 g/mol. The zero-order chi connectivity index (χ0) is 4.28. The topological polar surface area (TPSA) is 43.3 Å². The summed E-state index contributed by atoms with van der Waals surface area (Å²) in [4.78, 5) is 0. The molecule has 0 saturated heterocycles. The molecule has 32 valence electrons. The van der Waals surface area contributed by atoms with Crippen LogP contribution < -0.4 is 56.5 Å². The number of hydrogen-bond acceptors (Lipinski definition) is 2. The van der Waals surface area contributed by atoms with Crippen molar-refractivity contribution in [3.8, 4) is 0 Å². The first-order valence-electron chi connectivity index (χ1n) is 1.53. The average Bonchev–Trinajstić information content (AvgIpc) is 1.38. The summed E-state index contributed by atoms with van der Waals surface area (Å²) in [5, 5.41) is 17.4. The molecule has 2 nitrogen and oxygen atoms in total. The second-order valence-corrected chi connectivity index (χ2v) is 1.02. The Kier molecular flexibility index (Phi) is 11.5. The number of aliphatic hydroxyl groups is 1. The Morgan fingerprint density at radius 1 is 1.83 bits per heavy atom. The standard InChI is InChI=1S/C3H7O2.K/c1-3(5)2-4;/h3,5H,2H2,1H3;/q-1;+1. The maximum atomic E-state index is 9.38. The normalized spacial score (nSPS) is 12.5. The van der Waals surface area contributed by atoms with Crippen LogP contribution >= 0.6 is 0 Å². The second kappa shape index (κ2) is 6.56. The first kappa shape index (κ1) is 10.5. The zero-order valence-corrected chi connectivity index (χ0v) is 7.26. The van der Waals surface area contributed by atoms with Gasteiger partial charge in [0, 0.05) is 6.10 Å². The van der Waals surface area contributed by atoms with E-state index in [4.69, 9.17) is 5.11 Å². The molecule has 0 spiro atoms. The maximum Gasteiger partial charge on any atom is 1.00 e. The smallest absolute Gasteiger partial charge is 0.853 e. The Bertz CT molecular complexity index is 22.8. The monoisotopic (exact) mass is 114 g/mol. The van der Waals surface area contributed by atoms with Crippen molar-refractivity contribution >= 4 is 0 Å². The molecule has 0 aromatic rings. The van der Waals surface area contributed by atoms with Crippen molar-refractivity contribution in [3.05, 3.63) is 0 Å². The van der Waals surface area contributed by atoms with Crippen LogP contribution in [0.15, 0.2) is 0 Å². The van der Waals surface area contributed by atoms with Gasteiger partial charge in [-0.15, -0.1) is 6.61 Å². The van der Waals surface area contributed by atoms with Crippen LogP contribution in [0.5, 0.6) is 0 Å². The molecule has 1 unspecified atom stereocenters. The van der Waals surface area contributed by atoms with Crippen LogP contribution in [0.25, 0.3) is 0 Å². The van der Waals surface area contributed by atoms with Gasteiger partial charge in [-0.3, -0.25) is 0 Å². The van der Waals surface area contributed by atoms with Crippen molar-refractivity contribution in [1.29, 1.82) is 0 Å². The summed E-state index contributed by atoms with van der Waals surface area (Å²) in [5.74, 6) is 0. The van der Waals surface area contributed by atoms with Gasteiger partial charge in [0.2, 0.25) is 0 Å². The third-order valence-electron chi connectivity index (χ3n) is 0.241. The van der Waals surface area contributed by atoms with Crippen LogP contribution in [0.3, 0.4) is 0 Å². The molecule has 1 atom stereocenters. The minimum Gasteiger partial charge on any atom is -0.853 e. The Morgan fingerprint density at radius 3 is 2.00 bits per heavy atom. The molecule has 0 aliphatic rings. The minimum atomic E-state index is -0.671. The van der Waals surface area contributed by atoms with E-state index in [9.17, 15) is 5.11 Å². The van der Waals surface area contributed by atoms with Crippen molar-refractivity contribution in [2.45, 2.75) is 13.0 Å². The molecule has 0 aromatic carbocycles. The van der Waals surface area contributed by atoms with Gasteiger partial charge in [-0.25, -0.2) is 0 Å². The van der Waals surface area contributed by atoms with E-state index in [1.54, 1.807) is 0 Å². The summed E-state index contributed by atoms with van der Waals surface area (Å²) in [7, 11) is 0. The van der Waals surface area contributed by atoms with Crippen molar-refractivity contribution in [2.75, 3.05) is 6.61 Å². The van der Waals surface area contributed by atoms with Gasteiger partial charge in [0.05, 0.1) is 0 Å². The largest absolute Gasteiger partial charge is 1.00 e. The predicted octanol–water partition coefficient (Wildman–Crippen LogP) is -4.27. The van der Waals surface area contributed by atoms with Crippen LogP contribution in [0.2, 0.25) is 0 Å². The van der Waals surface area contributed by atoms with E-state index in [0.717, 1.165) is 0 Å². The Hall–Kier alpha value is 1.56. The molecular weight excluding hydrogens is 107 g/mol. The molecular formula is C3H7KO2. The summed E-state index contributed by atoms with van der Waals surface area (Å²) >= 11 is 0. The molecule has 0 saturated carbocycles. The molecule has 0 bridgehead atoms. The molecule has 0 fully saturated rings. The fourth-order valence-electron chi connectivity index (χ4n) is 0. The Morgan fingerprint density at radius 2 is 2.00 bits per heavy atom. The minimum absolute atomic E-state index is 0. The van der Waals surface area contributed by atoms with Crippen molar-refractivity contribution in [2.24, 2.45) is 0 Å². The van der Waals surface area contributed by atoms with Gasteiger partial charge >= 0.3 is 51.4 Å². The van der Waals surface area contributed by atoms with Gasteiger partial charge in [0.25, 0.3) is 0 Å². The third-order valence-corrected chi connectivity index (χ3v) is 0.241. The molecule has 1 N–H and O–H groups in total. The van der Waals surface area contributed by atoms with E-state index in [1.807, 2.05) is 0 Å². The van der Waals surface area contributed by atoms with Crippen LogP contribution in [0, 0.1) is 0 Å². The molecule has 0 aliphatic carbocycles. The number of aliphatic hydroxyl groups excluding tert-OH is 1. The summed E-state index contributed by atoms with van der Waals surface area (Å²) in [6, 6.07) is 0. The van der Waals surface area contributed by atoms with Gasteiger partial charge < -0.3 is 10.2 Å². The number of hydrogen-bond donors (Lipinski definition) is 1. The molecule has 3 heteroatoms. The fraction of sp³-hybridized carbons (Fsp3) is 1.00. The van der Waals surface area contributed by atoms with Gasteiger partial charge in [-0.1, -0.05) is 0 Å². The SMILES string of the molecule is CC(O)C[O-].[K+]. The van der Waals surface area contributed by atoms with E-state index in [-0.39, 0.29) is 58.0 Å². The fourth-order valence-corrected chi connectivity index (χ4v) is 0. The van der Waals surface area contributed by atoms with Crippen molar-refractivity contribution < 1.29 is 61.6 Å². The summed E-state index contributed by atoms with van der Waals surface area (Å²) < 4.78 is 0. The second-order valence-electron chi connectivity index (χ2n) is 1.02. The van der Waals surface area contributed by atoms with E-state index in [1.165, 1.54) is 6.92 Å². The quantitative estimate of drug-likeness (QED) is 0.351. The molecule has 0 aromatic heterocycles. The van der Waals surface area contributed by atoms with Gasteiger partial charge in [-0.05, 0) is 6.92 Å². The van der Waals surface area contributed by atoms with E-state index < -0.39 is 6.10 Å². The molecule has 0 amide bonds.